The predicted molar refractivity (Wildman–Crippen MR) is 151 cm³/mol. The van der Waals surface area contributed by atoms with Gasteiger partial charge in [0.25, 0.3) is 11.5 Å². The van der Waals surface area contributed by atoms with Crippen molar-refractivity contribution in [1.82, 2.24) is 14.5 Å². The van der Waals surface area contributed by atoms with Crippen LogP contribution in [0.5, 0.6) is 5.75 Å². The van der Waals surface area contributed by atoms with Crippen molar-refractivity contribution in [3.63, 3.8) is 0 Å². The number of aryl methyl sites for hydroxylation is 1. The smallest absolute Gasteiger partial charge is 0.330 e. The molecule has 0 fully saturated rings. The molecule has 0 saturated heterocycles. The fourth-order valence-corrected chi connectivity index (χ4v) is 4.81. The highest BCUT2D eigenvalue weighted by molar-refractivity contribution is 6.36. The summed E-state index contributed by atoms with van der Waals surface area (Å²) in [6.07, 6.45) is 1.22. The summed E-state index contributed by atoms with van der Waals surface area (Å²) in [6, 6.07) is 14.0. The average molecular weight is 551 g/mol. The van der Waals surface area contributed by atoms with Gasteiger partial charge in [0.2, 0.25) is 0 Å². The van der Waals surface area contributed by atoms with E-state index in [1.54, 1.807) is 31.3 Å². The van der Waals surface area contributed by atoms with Gasteiger partial charge in [0, 0.05) is 49.2 Å². The van der Waals surface area contributed by atoms with E-state index in [4.69, 9.17) is 16.3 Å². The fraction of sp³-hybridized carbons (Fsp3) is 0.207. The normalized spacial score (nSPS) is 10.9. The van der Waals surface area contributed by atoms with Crippen molar-refractivity contribution in [3.8, 4) is 28.0 Å². The van der Waals surface area contributed by atoms with E-state index in [-0.39, 0.29) is 5.56 Å². The molecule has 0 unspecified atom stereocenters. The number of carbonyl (C=O) groups is 1. The van der Waals surface area contributed by atoms with Crippen LogP contribution >= 0.6 is 11.6 Å². The van der Waals surface area contributed by atoms with Crippen molar-refractivity contribution in [2.24, 2.45) is 14.1 Å². The number of halogens is 2. The number of hydrogen-bond donors (Lipinski definition) is 2. The molecule has 4 aromatic rings. The second-order valence-corrected chi connectivity index (χ2v) is 9.45. The zero-order chi connectivity index (χ0) is 28.4. The number of benzene rings is 3. The Balaban J connectivity index is 1.75. The first-order chi connectivity index (χ1) is 18.6. The molecule has 39 heavy (non-hydrogen) atoms. The zero-order valence-electron chi connectivity index (χ0n) is 22.2. The summed E-state index contributed by atoms with van der Waals surface area (Å²) in [6.45, 7) is 2.13. The third kappa shape index (κ3) is 5.23. The Kier molecular flexibility index (Phi) is 8.03. The molecule has 3 aromatic carbocycles. The maximum absolute atomic E-state index is 15.0. The lowest BCUT2D eigenvalue weighted by Gasteiger charge is -2.17. The third-order valence-corrected chi connectivity index (χ3v) is 7.01. The molecule has 10 heteroatoms. The molecule has 0 aliphatic heterocycles. The van der Waals surface area contributed by atoms with Crippen LogP contribution in [0.1, 0.15) is 21.5 Å². The Morgan fingerprint density at radius 2 is 1.72 bits per heavy atom. The van der Waals surface area contributed by atoms with Crippen molar-refractivity contribution in [1.29, 1.82) is 0 Å². The van der Waals surface area contributed by atoms with Crippen LogP contribution in [0.25, 0.3) is 22.3 Å². The predicted octanol–water partition coefficient (Wildman–Crippen LogP) is 4.50. The molecule has 1 heterocycles. The Bertz CT molecular complexity index is 1710. The largest absolute Gasteiger partial charge is 0.496 e. The summed E-state index contributed by atoms with van der Waals surface area (Å²) >= 11 is 6.88. The molecule has 0 radical (unpaired) electrons. The second kappa shape index (κ2) is 11.3. The first kappa shape index (κ1) is 27.8. The van der Waals surface area contributed by atoms with Crippen molar-refractivity contribution in [2.75, 3.05) is 19.5 Å². The van der Waals surface area contributed by atoms with Crippen LogP contribution in [-0.2, 0) is 20.6 Å². The van der Waals surface area contributed by atoms with Gasteiger partial charge in [0.05, 0.1) is 12.1 Å². The summed E-state index contributed by atoms with van der Waals surface area (Å²) in [5.74, 6) is -0.646. The average Bonchev–Trinajstić information content (AvgIpc) is 2.92. The number of rotatable bonds is 7. The number of methoxy groups -OCH3 is 1. The minimum atomic E-state index is -0.691. The van der Waals surface area contributed by atoms with E-state index in [1.807, 2.05) is 25.1 Å². The number of ether oxygens (including phenoxy) is 1. The molecule has 4 rings (SSSR count). The minimum absolute atomic E-state index is 0.165. The van der Waals surface area contributed by atoms with E-state index in [0.717, 1.165) is 10.1 Å². The number of aromatic nitrogens is 2. The molecule has 0 saturated carbocycles. The molecular formula is C29H28ClFN4O4. The van der Waals surface area contributed by atoms with E-state index in [2.05, 4.69) is 10.6 Å². The Morgan fingerprint density at radius 1 is 1.05 bits per heavy atom. The maximum Gasteiger partial charge on any atom is 0.330 e. The quantitative estimate of drug-likeness (QED) is 0.353. The second-order valence-electron chi connectivity index (χ2n) is 9.07. The standard InChI is InChI=1S/C29H28ClFN4O4/c1-16-18(8-7-11-24(16)33-27(36)22-15-34(3)29(38)35(4)28(22)37)20-10-6-9-19(26(20)30)17-12-23(31)21(14-32-2)25(13-17)39-5/h6-13,15,32H,14H2,1-5H3,(H,33,36). The van der Waals surface area contributed by atoms with Crippen molar-refractivity contribution in [2.45, 2.75) is 13.5 Å². The highest BCUT2D eigenvalue weighted by Gasteiger charge is 2.19. The molecule has 0 bridgehead atoms. The van der Waals surface area contributed by atoms with Crippen LogP contribution in [0.15, 0.2) is 64.3 Å². The number of anilines is 1. The monoisotopic (exact) mass is 550 g/mol. The molecule has 202 valence electrons. The molecule has 1 amide bonds. The van der Waals surface area contributed by atoms with Crippen molar-refractivity contribution in [3.05, 3.63) is 103 Å². The number of nitrogens with one attached hydrogen (secondary N) is 2. The van der Waals surface area contributed by atoms with E-state index >= 15 is 0 Å². The molecule has 2 N–H and O–H groups in total. The van der Waals surface area contributed by atoms with Gasteiger partial charge in [-0.1, -0.05) is 41.9 Å². The van der Waals surface area contributed by atoms with Gasteiger partial charge in [-0.2, -0.15) is 0 Å². The van der Waals surface area contributed by atoms with Crippen molar-refractivity contribution >= 4 is 23.2 Å². The first-order valence-corrected chi connectivity index (χ1v) is 12.4. The third-order valence-electron chi connectivity index (χ3n) is 6.60. The number of hydrogen-bond acceptors (Lipinski definition) is 5. The van der Waals surface area contributed by atoms with Crippen LogP contribution in [0, 0.1) is 12.7 Å². The van der Waals surface area contributed by atoms with Crippen LogP contribution in [0.3, 0.4) is 0 Å². The van der Waals surface area contributed by atoms with Gasteiger partial charge in [-0.3, -0.25) is 14.2 Å². The molecule has 0 atom stereocenters. The molecule has 0 aliphatic carbocycles. The van der Waals surface area contributed by atoms with E-state index in [0.29, 0.717) is 50.8 Å². The number of carbonyl (C=O) groups excluding carboxylic acids is 1. The maximum atomic E-state index is 15.0. The number of amides is 1. The lowest BCUT2D eigenvalue weighted by atomic mass is 9.94. The Hall–Kier alpha value is -4.21. The summed E-state index contributed by atoms with van der Waals surface area (Å²) in [5, 5.41) is 6.11. The topological polar surface area (TPSA) is 94.4 Å². The molecule has 0 aliphatic rings. The summed E-state index contributed by atoms with van der Waals surface area (Å²) < 4.78 is 22.4. The fourth-order valence-electron chi connectivity index (χ4n) is 4.48. The highest BCUT2D eigenvalue weighted by Crippen LogP contribution is 2.40. The first-order valence-electron chi connectivity index (χ1n) is 12.1. The van der Waals surface area contributed by atoms with Gasteiger partial charge in [-0.05, 0) is 48.9 Å². The van der Waals surface area contributed by atoms with Crippen LogP contribution in [-0.4, -0.2) is 29.2 Å². The van der Waals surface area contributed by atoms with Gasteiger partial charge < -0.3 is 19.9 Å². The lowest BCUT2D eigenvalue weighted by Crippen LogP contribution is -2.40. The van der Waals surface area contributed by atoms with Gasteiger partial charge in [-0.25, -0.2) is 9.18 Å². The lowest BCUT2D eigenvalue weighted by molar-refractivity contribution is 0.102. The zero-order valence-corrected chi connectivity index (χ0v) is 22.9. The van der Waals surface area contributed by atoms with Gasteiger partial charge >= 0.3 is 5.69 Å². The summed E-state index contributed by atoms with van der Waals surface area (Å²) in [5.41, 5.74) is 2.81. The van der Waals surface area contributed by atoms with Gasteiger partial charge in [0.15, 0.2) is 0 Å². The summed E-state index contributed by atoms with van der Waals surface area (Å²) in [4.78, 5) is 37.5. The SMILES string of the molecule is CNCc1c(F)cc(-c2cccc(-c3cccc(NC(=O)c4cn(C)c(=O)n(C)c4=O)c3C)c2Cl)cc1OC. The van der Waals surface area contributed by atoms with Crippen LogP contribution in [0.4, 0.5) is 10.1 Å². The molecule has 1 aromatic heterocycles. The van der Waals surface area contributed by atoms with E-state index in [1.165, 1.54) is 38.0 Å². The number of nitrogens with zero attached hydrogens (tertiary/aromatic N) is 2. The molecule has 0 spiro atoms. The Morgan fingerprint density at radius 3 is 2.41 bits per heavy atom. The van der Waals surface area contributed by atoms with E-state index in [9.17, 15) is 18.8 Å². The highest BCUT2D eigenvalue weighted by atomic mass is 35.5. The van der Waals surface area contributed by atoms with Gasteiger partial charge in [-0.15, -0.1) is 0 Å². The molecular weight excluding hydrogens is 523 g/mol. The van der Waals surface area contributed by atoms with Crippen molar-refractivity contribution < 1.29 is 13.9 Å². The summed E-state index contributed by atoms with van der Waals surface area (Å²) in [7, 11) is 6.00. The van der Waals surface area contributed by atoms with Crippen LogP contribution < -0.4 is 26.6 Å². The minimum Gasteiger partial charge on any atom is -0.496 e. The Labute approximate surface area is 229 Å². The van der Waals surface area contributed by atoms with E-state index < -0.39 is 23.0 Å². The van der Waals surface area contributed by atoms with Crippen LogP contribution in [0.2, 0.25) is 5.02 Å². The molecule has 8 nitrogen and oxygen atoms in total. The van der Waals surface area contributed by atoms with Gasteiger partial charge in [0.1, 0.15) is 17.1 Å².